The molecule has 7 heteroatoms. The lowest BCUT2D eigenvalue weighted by atomic mass is 9.46. The molecule has 168 valence electrons. The van der Waals surface area contributed by atoms with E-state index in [-0.39, 0.29) is 36.6 Å². The molecule has 1 aliphatic heterocycles. The van der Waals surface area contributed by atoms with Crippen LogP contribution in [0, 0.1) is 28.6 Å². The van der Waals surface area contributed by atoms with Gasteiger partial charge in [0.05, 0.1) is 6.10 Å². The molecule has 1 saturated heterocycles. The van der Waals surface area contributed by atoms with E-state index in [9.17, 15) is 19.5 Å². The van der Waals surface area contributed by atoms with Crippen LogP contribution in [-0.2, 0) is 23.9 Å². The molecule has 4 aliphatic carbocycles. The average molecular weight is 432 g/mol. The Labute approximate surface area is 180 Å². The van der Waals surface area contributed by atoms with E-state index in [1.807, 2.05) is 20.8 Å². The Morgan fingerprint density at radius 1 is 1.29 bits per heavy atom. The van der Waals surface area contributed by atoms with E-state index in [4.69, 9.17) is 9.47 Å². The van der Waals surface area contributed by atoms with Gasteiger partial charge in [-0.3, -0.25) is 9.59 Å². The highest BCUT2D eigenvalue weighted by Gasteiger charge is 2.84. The maximum absolute atomic E-state index is 15.5. The summed E-state index contributed by atoms with van der Waals surface area (Å²) in [6.07, 6.45) is 4.32. The zero-order valence-corrected chi connectivity index (χ0v) is 18.3. The Balaban J connectivity index is 1.62. The minimum atomic E-state index is -1.66. The van der Waals surface area contributed by atoms with Gasteiger partial charge in [0.25, 0.3) is 0 Å². The molecule has 5 rings (SSSR count). The molecule has 0 aromatic carbocycles. The van der Waals surface area contributed by atoms with Gasteiger partial charge in [0.1, 0.15) is 11.8 Å². The number of ketones is 1. The van der Waals surface area contributed by atoms with Crippen LogP contribution >= 0.6 is 0 Å². The maximum atomic E-state index is 15.5. The van der Waals surface area contributed by atoms with Crippen molar-refractivity contribution in [2.45, 2.75) is 76.9 Å². The average Bonchev–Trinajstić information content (AvgIpc) is 3.38. The Hall–Kier alpha value is -2.02. The minimum Gasteiger partial charge on any atom is -0.478 e. The summed E-state index contributed by atoms with van der Waals surface area (Å²) in [5, 5.41) is 10.3. The van der Waals surface area contributed by atoms with Crippen LogP contribution in [-0.4, -0.2) is 46.3 Å². The Bertz CT molecular complexity index is 956. The third-order valence-electron chi connectivity index (χ3n) is 9.34. The summed E-state index contributed by atoms with van der Waals surface area (Å²) in [5.41, 5.74) is -3.46. The number of carbonyl (C=O) groups is 3. The third kappa shape index (κ3) is 2.18. The predicted octanol–water partition coefficient (Wildman–Crippen LogP) is 3.40. The number of aliphatic carboxylic acids is 1. The summed E-state index contributed by atoms with van der Waals surface area (Å²) in [4.78, 5) is 36.9. The van der Waals surface area contributed by atoms with Crippen LogP contribution in [0.5, 0.6) is 0 Å². The minimum absolute atomic E-state index is 0.0907. The maximum Gasteiger partial charge on any atom is 0.349 e. The van der Waals surface area contributed by atoms with Crippen LogP contribution in [0.3, 0.4) is 0 Å². The molecule has 1 heterocycles. The smallest absolute Gasteiger partial charge is 0.349 e. The number of carboxylic acids is 1. The second kappa shape index (κ2) is 6.06. The molecule has 31 heavy (non-hydrogen) atoms. The van der Waals surface area contributed by atoms with Crippen molar-refractivity contribution in [3.63, 3.8) is 0 Å². The SMILES string of the molecule is CCC(=O)O[C@@]1(C(=O)O)[C@@H](C)C[C@H]2[C@@H]3C[C@H](F)C4=CC(=O)C=C[C@]4(C)[C@@]34O[C@H]4C[C@@]21C. The van der Waals surface area contributed by atoms with Crippen molar-refractivity contribution >= 4 is 17.7 Å². The van der Waals surface area contributed by atoms with Crippen LogP contribution in [0.15, 0.2) is 23.8 Å². The van der Waals surface area contributed by atoms with Crippen LogP contribution in [0.1, 0.15) is 53.4 Å². The third-order valence-corrected chi connectivity index (χ3v) is 9.34. The van der Waals surface area contributed by atoms with Crippen LogP contribution < -0.4 is 0 Å². The molecule has 1 N–H and O–H groups in total. The number of allylic oxidation sites excluding steroid dienone is 2. The van der Waals surface area contributed by atoms with Crippen LogP contribution in [0.4, 0.5) is 4.39 Å². The van der Waals surface area contributed by atoms with E-state index >= 15 is 4.39 Å². The van der Waals surface area contributed by atoms with Gasteiger partial charge in [-0.15, -0.1) is 0 Å². The summed E-state index contributed by atoms with van der Waals surface area (Å²) in [6.45, 7) is 7.28. The molecule has 9 atom stereocenters. The molecule has 0 amide bonds. The lowest BCUT2D eigenvalue weighted by Crippen LogP contribution is -2.64. The highest BCUT2D eigenvalue weighted by molar-refractivity contribution is 6.01. The van der Waals surface area contributed by atoms with Crippen molar-refractivity contribution in [3.8, 4) is 0 Å². The zero-order valence-electron chi connectivity index (χ0n) is 18.3. The van der Waals surface area contributed by atoms with Gasteiger partial charge < -0.3 is 14.6 Å². The number of ether oxygens (including phenoxy) is 2. The van der Waals surface area contributed by atoms with E-state index in [1.54, 1.807) is 13.0 Å². The van der Waals surface area contributed by atoms with E-state index < -0.39 is 46.1 Å². The first kappa shape index (κ1) is 20.9. The largest absolute Gasteiger partial charge is 0.478 e. The van der Waals surface area contributed by atoms with Crippen molar-refractivity contribution in [3.05, 3.63) is 23.8 Å². The van der Waals surface area contributed by atoms with E-state index in [1.165, 1.54) is 12.2 Å². The zero-order chi connectivity index (χ0) is 22.6. The van der Waals surface area contributed by atoms with Gasteiger partial charge in [-0.25, -0.2) is 9.18 Å². The summed E-state index contributed by atoms with van der Waals surface area (Å²) in [6, 6.07) is 0. The molecule has 0 bridgehead atoms. The number of fused-ring (bicyclic) bond motifs is 3. The monoisotopic (exact) mass is 432 g/mol. The Kier molecular flexibility index (Phi) is 4.08. The first-order valence-corrected chi connectivity index (χ1v) is 11.2. The van der Waals surface area contributed by atoms with Crippen molar-refractivity contribution in [1.82, 2.24) is 0 Å². The molecule has 0 aromatic rings. The van der Waals surface area contributed by atoms with Gasteiger partial charge in [-0.1, -0.05) is 26.8 Å². The van der Waals surface area contributed by atoms with Gasteiger partial charge in [0, 0.05) is 23.2 Å². The number of halogens is 1. The number of epoxide rings is 1. The highest BCUT2D eigenvalue weighted by atomic mass is 19.1. The van der Waals surface area contributed by atoms with Gasteiger partial charge in [0.2, 0.25) is 5.60 Å². The lowest BCUT2D eigenvalue weighted by molar-refractivity contribution is -0.204. The van der Waals surface area contributed by atoms with Crippen molar-refractivity contribution in [2.24, 2.45) is 28.6 Å². The number of rotatable bonds is 3. The standard InChI is InChI=1S/C24H29FO6/c1-5-19(27)31-23(20(28)29)12(2)8-14-15-10-17(25)16-9-13(26)6-7-21(16,3)24(15)18(30-24)11-22(14,23)4/h6-7,9,12,14-15,17-18H,5,8,10-11H2,1-4H3,(H,28,29)/t12-,14-,15-,17-,18-,21-,22-,23+,24+/m0/s1. The molecule has 4 fully saturated rings. The van der Waals surface area contributed by atoms with E-state index in [0.29, 0.717) is 18.4 Å². The summed E-state index contributed by atoms with van der Waals surface area (Å²) < 4.78 is 27.6. The molecule has 0 unspecified atom stereocenters. The summed E-state index contributed by atoms with van der Waals surface area (Å²) in [7, 11) is 0. The molecule has 3 saturated carbocycles. The first-order valence-electron chi connectivity index (χ1n) is 11.2. The van der Waals surface area contributed by atoms with Crippen LogP contribution in [0.2, 0.25) is 0 Å². The predicted molar refractivity (Wildman–Crippen MR) is 108 cm³/mol. The number of carbonyl (C=O) groups excluding carboxylic acids is 2. The molecular weight excluding hydrogens is 403 g/mol. The number of carboxylic acid groups (broad SMARTS) is 1. The fraction of sp³-hybridized carbons (Fsp3) is 0.708. The molecule has 6 nitrogen and oxygen atoms in total. The van der Waals surface area contributed by atoms with Gasteiger partial charge >= 0.3 is 11.9 Å². The molecule has 0 radical (unpaired) electrons. The highest BCUT2D eigenvalue weighted by Crippen LogP contribution is 2.77. The normalized spacial score (nSPS) is 51.7. The van der Waals surface area contributed by atoms with E-state index in [0.717, 1.165) is 0 Å². The quantitative estimate of drug-likeness (QED) is 0.543. The Morgan fingerprint density at radius 2 is 2.00 bits per heavy atom. The van der Waals surface area contributed by atoms with Gasteiger partial charge in [-0.05, 0) is 55.7 Å². The lowest BCUT2D eigenvalue weighted by Gasteiger charge is -2.56. The summed E-state index contributed by atoms with van der Waals surface area (Å²) >= 11 is 0. The second-order valence-corrected chi connectivity index (χ2v) is 10.5. The van der Waals surface area contributed by atoms with Gasteiger partial charge in [0.15, 0.2) is 5.78 Å². The van der Waals surface area contributed by atoms with Crippen molar-refractivity contribution < 1.29 is 33.4 Å². The van der Waals surface area contributed by atoms with Crippen molar-refractivity contribution in [1.29, 1.82) is 0 Å². The molecule has 0 aromatic heterocycles. The molecule has 1 spiro atoms. The Morgan fingerprint density at radius 3 is 2.65 bits per heavy atom. The molecular formula is C24H29FO6. The number of hydrogen-bond acceptors (Lipinski definition) is 5. The van der Waals surface area contributed by atoms with Crippen molar-refractivity contribution in [2.75, 3.05) is 0 Å². The number of alkyl halides is 1. The number of hydrogen-bond donors (Lipinski definition) is 1. The van der Waals surface area contributed by atoms with Gasteiger partial charge in [-0.2, -0.15) is 0 Å². The van der Waals surface area contributed by atoms with Crippen LogP contribution in [0.25, 0.3) is 0 Å². The molecule has 5 aliphatic rings. The van der Waals surface area contributed by atoms with E-state index in [2.05, 4.69) is 0 Å². The topological polar surface area (TPSA) is 93.2 Å². The fourth-order valence-electron chi connectivity index (χ4n) is 7.93. The first-order chi connectivity index (χ1) is 14.5. The number of esters is 1. The fourth-order valence-corrected chi connectivity index (χ4v) is 7.93. The second-order valence-electron chi connectivity index (χ2n) is 10.5. The summed E-state index contributed by atoms with van der Waals surface area (Å²) in [5.74, 6) is -2.70.